The van der Waals surface area contributed by atoms with Crippen LogP contribution in [-0.4, -0.2) is 65.9 Å². The number of aliphatic hydroxyl groups excluding tert-OH is 1. The Labute approximate surface area is 153 Å². The van der Waals surface area contributed by atoms with E-state index < -0.39 is 6.10 Å². The first kappa shape index (κ1) is 18.3. The topological polar surface area (TPSA) is 35.9 Å². The molecule has 134 valence electrons. The zero-order valence-electron chi connectivity index (χ0n) is 14.7. The molecule has 2 heterocycles. The molecule has 1 N–H and O–H groups in total. The fourth-order valence-electron chi connectivity index (χ4n) is 4.12. The summed E-state index contributed by atoms with van der Waals surface area (Å²) in [6, 6.07) is 8.55. The second-order valence-corrected chi connectivity index (χ2v) is 8.25. The number of hydrogen-bond donors (Lipinski definition) is 1. The summed E-state index contributed by atoms with van der Waals surface area (Å²) < 4.78 is 6.86. The summed E-state index contributed by atoms with van der Waals surface area (Å²) in [5, 5.41) is 10.6. The van der Waals surface area contributed by atoms with Crippen molar-refractivity contribution in [1.29, 1.82) is 0 Å². The summed E-state index contributed by atoms with van der Waals surface area (Å²) in [7, 11) is 0. The van der Waals surface area contributed by atoms with Crippen molar-refractivity contribution in [3.8, 4) is 0 Å². The molecule has 1 aromatic rings. The van der Waals surface area contributed by atoms with Crippen LogP contribution in [0.5, 0.6) is 0 Å². The third-order valence-corrected chi connectivity index (χ3v) is 5.60. The van der Waals surface area contributed by atoms with E-state index in [9.17, 15) is 5.11 Å². The van der Waals surface area contributed by atoms with Crippen LogP contribution in [0, 0.1) is 0 Å². The van der Waals surface area contributed by atoms with E-state index in [1.165, 1.54) is 12.8 Å². The molecule has 0 aromatic heterocycles. The van der Waals surface area contributed by atoms with Crippen LogP contribution in [0.15, 0.2) is 28.7 Å². The zero-order valence-corrected chi connectivity index (χ0v) is 16.3. The van der Waals surface area contributed by atoms with E-state index in [4.69, 9.17) is 4.74 Å². The van der Waals surface area contributed by atoms with Crippen molar-refractivity contribution >= 4 is 15.9 Å². The van der Waals surface area contributed by atoms with Gasteiger partial charge in [-0.1, -0.05) is 28.1 Å². The zero-order chi connectivity index (χ0) is 17.1. The first-order valence-corrected chi connectivity index (χ1v) is 9.86. The standard InChI is InChI=1S/C19H29BrN2O2/c1-14-10-21(11-15(2)24-14)12-18-7-4-8-22(18)13-19(23)16-5-3-6-17(20)9-16/h3,5-6,9,14-15,18-19,23H,4,7-8,10-13H2,1-2H3. The van der Waals surface area contributed by atoms with Crippen molar-refractivity contribution in [2.24, 2.45) is 0 Å². The van der Waals surface area contributed by atoms with Crippen LogP contribution in [0.1, 0.15) is 38.4 Å². The molecular weight excluding hydrogens is 368 g/mol. The van der Waals surface area contributed by atoms with E-state index in [-0.39, 0.29) is 0 Å². The maximum Gasteiger partial charge on any atom is 0.0917 e. The van der Waals surface area contributed by atoms with Crippen LogP contribution in [0.25, 0.3) is 0 Å². The molecule has 2 fully saturated rings. The second-order valence-electron chi connectivity index (χ2n) is 7.34. The van der Waals surface area contributed by atoms with E-state index in [1.807, 2.05) is 24.3 Å². The molecule has 3 rings (SSSR count). The van der Waals surface area contributed by atoms with Gasteiger partial charge in [-0.3, -0.25) is 9.80 Å². The number of likely N-dealkylation sites (tertiary alicyclic amines) is 1. The van der Waals surface area contributed by atoms with Gasteiger partial charge >= 0.3 is 0 Å². The number of hydrogen-bond acceptors (Lipinski definition) is 4. The van der Waals surface area contributed by atoms with Crippen LogP contribution in [0.4, 0.5) is 0 Å². The second kappa shape index (κ2) is 8.28. The SMILES string of the molecule is CC1CN(CC2CCCN2CC(O)c2cccc(Br)c2)CC(C)O1. The van der Waals surface area contributed by atoms with Crippen molar-refractivity contribution < 1.29 is 9.84 Å². The minimum atomic E-state index is -0.425. The smallest absolute Gasteiger partial charge is 0.0917 e. The number of nitrogens with zero attached hydrogens (tertiary/aromatic N) is 2. The normalized spacial score (nSPS) is 30.6. The van der Waals surface area contributed by atoms with Gasteiger partial charge in [-0.25, -0.2) is 0 Å². The number of aliphatic hydroxyl groups is 1. The Balaban J connectivity index is 1.57. The van der Waals surface area contributed by atoms with Crippen LogP contribution in [0.2, 0.25) is 0 Å². The summed E-state index contributed by atoms with van der Waals surface area (Å²) in [6.45, 7) is 9.24. The number of rotatable bonds is 5. The van der Waals surface area contributed by atoms with Crippen LogP contribution >= 0.6 is 15.9 Å². The summed E-state index contributed by atoms with van der Waals surface area (Å²) in [5.41, 5.74) is 0.989. The minimum absolute atomic E-state index is 0.316. The Morgan fingerprint density at radius 1 is 1.29 bits per heavy atom. The lowest BCUT2D eigenvalue weighted by Gasteiger charge is -2.38. The molecule has 4 nitrogen and oxygen atoms in total. The van der Waals surface area contributed by atoms with Crippen molar-refractivity contribution in [2.45, 2.75) is 51.0 Å². The Hall–Kier alpha value is -0.460. The van der Waals surface area contributed by atoms with Gasteiger partial charge in [0.25, 0.3) is 0 Å². The Bertz CT molecular complexity index is 532. The van der Waals surface area contributed by atoms with Gasteiger partial charge in [-0.15, -0.1) is 0 Å². The highest BCUT2D eigenvalue weighted by Crippen LogP contribution is 2.25. The monoisotopic (exact) mass is 396 g/mol. The van der Waals surface area contributed by atoms with Crippen LogP contribution in [0.3, 0.4) is 0 Å². The van der Waals surface area contributed by atoms with Crippen molar-refractivity contribution in [3.63, 3.8) is 0 Å². The molecule has 0 radical (unpaired) electrons. The maximum atomic E-state index is 10.6. The van der Waals surface area contributed by atoms with Gasteiger partial charge in [0.2, 0.25) is 0 Å². The molecule has 1 aromatic carbocycles. The maximum absolute atomic E-state index is 10.6. The molecule has 2 aliphatic rings. The lowest BCUT2D eigenvalue weighted by Crippen LogP contribution is -2.50. The average molecular weight is 397 g/mol. The highest BCUT2D eigenvalue weighted by molar-refractivity contribution is 9.10. The van der Waals surface area contributed by atoms with Crippen LogP contribution < -0.4 is 0 Å². The molecule has 4 unspecified atom stereocenters. The van der Waals surface area contributed by atoms with E-state index in [0.29, 0.717) is 18.2 Å². The minimum Gasteiger partial charge on any atom is -0.387 e. The van der Waals surface area contributed by atoms with Gasteiger partial charge in [0.15, 0.2) is 0 Å². The van der Waals surface area contributed by atoms with E-state index >= 15 is 0 Å². The number of morpholine rings is 1. The lowest BCUT2D eigenvalue weighted by molar-refractivity contribution is -0.0729. The first-order valence-electron chi connectivity index (χ1n) is 9.06. The molecule has 0 saturated carbocycles. The van der Waals surface area contributed by atoms with Gasteiger partial charge in [-0.2, -0.15) is 0 Å². The molecule has 0 bridgehead atoms. The van der Waals surface area contributed by atoms with Gasteiger partial charge in [0, 0.05) is 36.7 Å². The predicted molar refractivity (Wildman–Crippen MR) is 100 cm³/mol. The fourth-order valence-corrected chi connectivity index (χ4v) is 4.53. The lowest BCUT2D eigenvalue weighted by atomic mass is 10.1. The number of benzene rings is 1. The first-order chi connectivity index (χ1) is 11.5. The molecule has 0 aliphatic carbocycles. The summed E-state index contributed by atoms with van der Waals surface area (Å²) in [6.07, 6.45) is 2.66. The molecule has 4 atom stereocenters. The van der Waals surface area contributed by atoms with Crippen molar-refractivity contribution in [1.82, 2.24) is 9.80 Å². The summed E-state index contributed by atoms with van der Waals surface area (Å²) in [5.74, 6) is 0. The Morgan fingerprint density at radius 2 is 2.04 bits per heavy atom. The van der Waals surface area contributed by atoms with Crippen molar-refractivity contribution in [3.05, 3.63) is 34.3 Å². The number of halogens is 1. The third-order valence-electron chi connectivity index (χ3n) is 5.10. The average Bonchev–Trinajstić information content (AvgIpc) is 2.93. The third kappa shape index (κ3) is 4.79. The molecule has 0 spiro atoms. The molecule has 5 heteroatoms. The van der Waals surface area contributed by atoms with Gasteiger partial charge in [-0.05, 0) is 50.9 Å². The van der Waals surface area contributed by atoms with Gasteiger partial charge in [0.1, 0.15) is 0 Å². The molecule has 0 amide bonds. The van der Waals surface area contributed by atoms with Crippen molar-refractivity contribution in [2.75, 3.05) is 32.7 Å². The summed E-state index contributed by atoms with van der Waals surface area (Å²) in [4.78, 5) is 5.00. The summed E-state index contributed by atoms with van der Waals surface area (Å²) >= 11 is 3.49. The fraction of sp³-hybridized carbons (Fsp3) is 0.684. The number of β-amino-alcohol motifs (C(OH)–C–C–N with tert-alkyl or cyclic N) is 1. The highest BCUT2D eigenvalue weighted by atomic mass is 79.9. The van der Waals surface area contributed by atoms with Crippen LogP contribution in [-0.2, 0) is 4.74 Å². The molecule has 2 saturated heterocycles. The molecule has 24 heavy (non-hydrogen) atoms. The number of ether oxygens (including phenoxy) is 1. The van der Waals surface area contributed by atoms with Gasteiger partial charge < -0.3 is 9.84 Å². The largest absolute Gasteiger partial charge is 0.387 e. The predicted octanol–water partition coefficient (Wildman–Crippen LogP) is 3.06. The highest BCUT2D eigenvalue weighted by Gasteiger charge is 2.31. The Kier molecular flexibility index (Phi) is 6.33. The van der Waals surface area contributed by atoms with E-state index in [2.05, 4.69) is 39.6 Å². The molecular formula is C19H29BrN2O2. The van der Waals surface area contributed by atoms with E-state index in [0.717, 1.165) is 42.8 Å². The Morgan fingerprint density at radius 3 is 2.75 bits per heavy atom. The van der Waals surface area contributed by atoms with Gasteiger partial charge in [0.05, 0.1) is 18.3 Å². The van der Waals surface area contributed by atoms with E-state index in [1.54, 1.807) is 0 Å². The quantitative estimate of drug-likeness (QED) is 0.829. The molecule has 2 aliphatic heterocycles.